The van der Waals surface area contributed by atoms with Crippen LogP contribution in [-0.2, 0) is 0 Å². The molecule has 0 spiro atoms. The zero-order chi connectivity index (χ0) is 19.2. The van der Waals surface area contributed by atoms with Crippen molar-refractivity contribution in [2.24, 2.45) is 22.7 Å². The Morgan fingerprint density at radius 3 is 1.27 bits per heavy atom. The van der Waals surface area contributed by atoms with Crippen LogP contribution in [0.1, 0.15) is 106 Å². The second kappa shape index (κ2) is 9.92. The Morgan fingerprint density at radius 2 is 0.923 bits per heavy atom. The average molecular weight is 365 g/mol. The van der Waals surface area contributed by atoms with Crippen LogP contribution in [0.15, 0.2) is 0 Å². The fourth-order valence-electron chi connectivity index (χ4n) is 5.65. The van der Waals surface area contributed by atoms with Gasteiger partial charge in [0.25, 0.3) is 0 Å². The summed E-state index contributed by atoms with van der Waals surface area (Å²) in [6, 6.07) is 1.50. The quantitative estimate of drug-likeness (QED) is 0.529. The molecule has 2 aliphatic rings. The summed E-state index contributed by atoms with van der Waals surface area (Å²) in [6.45, 7) is 17.0. The highest BCUT2D eigenvalue weighted by Crippen LogP contribution is 2.39. The fourth-order valence-corrected chi connectivity index (χ4v) is 5.65. The van der Waals surface area contributed by atoms with Crippen LogP contribution in [0.5, 0.6) is 0 Å². The zero-order valence-electron chi connectivity index (χ0n) is 18.8. The molecular formula is C24H48N2. The van der Waals surface area contributed by atoms with E-state index in [1.807, 2.05) is 0 Å². The van der Waals surface area contributed by atoms with Gasteiger partial charge in [-0.05, 0) is 74.3 Å². The van der Waals surface area contributed by atoms with Crippen molar-refractivity contribution in [1.29, 1.82) is 0 Å². The summed E-state index contributed by atoms with van der Waals surface area (Å²) in [4.78, 5) is 0. The minimum absolute atomic E-state index is 0.447. The lowest BCUT2D eigenvalue weighted by Crippen LogP contribution is -2.45. The predicted octanol–water partition coefficient (Wildman–Crippen LogP) is 6.16. The molecule has 0 saturated heterocycles. The maximum absolute atomic E-state index is 3.92. The van der Waals surface area contributed by atoms with Gasteiger partial charge in [-0.3, -0.25) is 0 Å². The van der Waals surface area contributed by atoms with Crippen molar-refractivity contribution in [2.75, 3.05) is 13.1 Å². The molecule has 2 aliphatic carbocycles. The first-order valence-corrected chi connectivity index (χ1v) is 11.7. The predicted molar refractivity (Wildman–Crippen MR) is 116 cm³/mol. The van der Waals surface area contributed by atoms with Crippen LogP contribution >= 0.6 is 0 Å². The Morgan fingerprint density at radius 1 is 0.577 bits per heavy atom. The van der Waals surface area contributed by atoms with E-state index in [2.05, 4.69) is 52.2 Å². The molecule has 2 saturated carbocycles. The average Bonchev–Trinajstić information content (AvgIpc) is 2.57. The van der Waals surface area contributed by atoms with Gasteiger partial charge in [0, 0.05) is 12.1 Å². The molecule has 26 heavy (non-hydrogen) atoms. The molecule has 0 aliphatic heterocycles. The van der Waals surface area contributed by atoms with Gasteiger partial charge >= 0.3 is 0 Å². The molecule has 4 unspecified atom stereocenters. The van der Waals surface area contributed by atoms with Crippen LogP contribution in [0, 0.1) is 22.7 Å². The van der Waals surface area contributed by atoms with Gasteiger partial charge < -0.3 is 10.6 Å². The zero-order valence-corrected chi connectivity index (χ0v) is 18.8. The number of rotatable bonds is 7. The lowest BCUT2D eigenvalue weighted by Gasteiger charge is -2.41. The Bertz CT molecular complexity index is 352. The van der Waals surface area contributed by atoms with Crippen LogP contribution in [0.2, 0.25) is 0 Å². The molecule has 154 valence electrons. The van der Waals surface area contributed by atoms with E-state index in [1.54, 1.807) is 0 Å². The molecule has 0 aromatic carbocycles. The molecule has 4 atom stereocenters. The van der Waals surface area contributed by atoms with Crippen molar-refractivity contribution in [3.63, 3.8) is 0 Å². The van der Waals surface area contributed by atoms with Crippen molar-refractivity contribution in [1.82, 2.24) is 10.6 Å². The van der Waals surface area contributed by atoms with Crippen molar-refractivity contribution in [3.05, 3.63) is 0 Å². The number of nitrogens with one attached hydrogen (secondary N) is 2. The summed E-state index contributed by atoms with van der Waals surface area (Å²) in [5.74, 6) is 1.70. The summed E-state index contributed by atoms with van der Waals surface area (Å²) in [5, 5.41) is 7.84. The Balaban J connectivity index is 1.64. The lowest BCUT2D eigenvalue weighted by molar-refractivity contribution is 0.128. The van der Waals surface area contributed by atoms with Crippen molar-refractivity contribution < 1.29 is 0 Å². The maximum Gasteiger partial charge on any atom is 0.0100 e. The third-order valence-electron chi connectivity index (χ3n) is 7.17. The third-order valence-corrected chi connectivity index (χ3v) is 7.17. The van der Waals surface area contributed by atoms with Crippen LogP contribution in [-0.4, -0.2) is 25.2 Å². The molecule has 0 aromatic rings. The lowest BCUT2D eigenvalue weighted by atomic mass is 9.69. The van der Waals surface area contributed by atoms with Gasteiger partial charge in [0.1, 0.15) is 0 Å². The molecule has 0 bridgehead atoms. The largest absolute Gasteiger partial charge is 0.314 e. The van der Waals surface area contributed by atoms with E-state index in [-0.39, 0.29) is 0 Å². The molecule has 2 heteroatoms. The van der Waals surface area contributed by atoms with Gasteiger partial charge in [0.2, 0.25) is 0 Å². The molecular weight excluding hydrogens is 316 g/mol. The van der Waals surface area contributed by atoms with Gasteiger partial charge in [-0.2, -0.15) is 0 Å². The van der Waals surface area contributed by atoms with Gasteiger partial charge in [-0.15, -0.1) is 0 Å². The SMILES string of the molecule is CC(C)(C)C1CCCCC1NCCCCNC1CCCCC1C(C)(C)C. The second-order valence-corrected chi connectivity index (χ2v) is 11.3. The minimum atomic E-state index is 0.447. The first-order valence-electron chi connectivity index (χ1n) is 11.7. The van der Waals surface area contributed by atoms with Gasteiger partial charge in [-0.25, -0.2) is 0 Å². The molecule has 0 amide bonds. The van der Waals surface area contributed by atoms with Crippen molar-refractivity contribution in [3.8, 4) is 0 Å². The molecule has 0 radical (unpaired) electrons. The highest BCUT2D eigenvalue weighted by molar-refractivity contribution is 4.89. The van der Waals surface area contributed by atoms with E-state index in [0.717, 1.165) is 23.9 Å². The first-order chi connectivity index (χ1) is 12.2. The molecule has 0 aromatic heterocycles. The van der Waals surface area contributed by atoms with E-state index in [1.165, 1.54) is 77.3 Å². The van der Waals surface area contributed by atoms with E-state index >= 15 is 0 Å². The summed E-state index contributed by atoms with van der Waals surface area (Å²) in [7, 11) is 0. The summed E-state index contributed by atoms with van der Waals surface area (Å²) >= 11 is 0. The van der Waals surface area contributed by atoms with E-state index in [0.29, 0.717) is 10.8 Å². The number of hydrogen-bond acceptors (Lipinski definition) is 2. The fraction of sp³-hybridized carbons (Fsp3) is 1.00. The van der Waals surface area contributed by atoms with Gasteiger partial charge in [-0.1, -0.05) is 67.2 Å². The van der Waals surface area contributed by atoms with E-state index in [4.69, 9.17) is 0 Å². The number of unbranched alkanes of at least 4 members (excludes halogenated alkanes) is 1. The van der Waals surface area contributed by atoms with Gasteiger partial charge in [0.05, 0.1) is 0 Å². The summed E-state index contributed by atoms with van der Waals surface area (Å²) in [6.07, 6.45) is 13.9. The Hall–Kier alpha value is -0.0800. The third kappa shape index (κ3) is 6.82. The van der Waals surface area contributed by atoms with E-state index < -0.39 is 0 Å². The topological polar surface area (TPSA) is 24.1 Å². The molecule has 2 nitrogen and oxygen atoms in total. The molecule has 0 heterocycles. The standard InChI is InChI=1S/C24H48N2/c1-23(2,3)19-13-7-9-15-21(19)25-17-11-12-18-26-22-16-10-8-14-20(22)24(4,5)6/h19-22,25-26H,7-18H2,1-6H3. The monoisotopic (exact) mass is 364 g/mol. The van der Waals surface area contributed by atoms with Crippen molar-refractivity contribution in [2.45, 2.75) is 118 Å². The molecule has 2 rings (SSSR count). The highest BCUT2D eigenvalue weighted by Gasteiger charge is 2.34. The first kappa shape index (κ1) is 22.2. The van der Waals surface area contributed by atoms with Crippen LogP contribution in [0.4, 0.5) is 0 Å². The highest BCUT2D eigenvalue weighted by atomic mass is 14.9. The van der Waals surface area contributed by atoms with Crippen LogP contribution in [0.3, 0.4) is 0 Å². The molecule has 2 fully saturated rings. The smallest absolute Gasteiger partial charge is 0.0100 e. The van der Waals surface area contributed by atoms with Crippen molar-refractivity contribution >= 4 is 0 Å². The Kier molecular flexibility index (Phi) is 8.47. The normalized spacial score (nSPS) is 31.2. The van der Waals surface area contributed by atoms with Crippen LogP contribution < -0.4 is 10.6 Å². The minimum Gasteiger partial charge on any atom is -0.314 e. The molecule has 2 N–H and O–H groups in total. The van der Waals surface area contributed by atoms with E-state index in [9.17, 15) is 0 Å². The maximum atomic E-state index is 3.92. The van der Waals surface area contributed by atoms with Gasteiger partial charge in [0.15, 0.2) is 0 Å². The summed E-state index contributed by atoms with van der Waals surface area (Å²) in [5.41, 5.74) is 0.894. The summed E-state index contributed by atoms with van der Waals surface area (Å²) < 4.78 is 0. The number of hydrogen-bond donors (Lipinski definition) is 2. The Labute approximate surface area is 164 Å². The van der Waals surface area contributed by atoms with Crippen LogP contribution in [0.25, 0.3) is 0 Å². The second-order valence-electron chi connectivity index (χ2n) is 11.3.